The molecule has 9 heteroatoms. The number of benzene rings is 1. The predicted molar refractivity (Wildman–Crippen MR) is 108 cm³/mol. The first-order valence-electron chi connectivity index (χ1n) is 9.64. The van der Waals surface area contributed by atoms with Gasteiger partial charge in [0.15, 0.2) is 17.5 Å². The molecule has 1 atom stereocenters. The molecule has 0 fully saturated rings. The van der Waals surface area contributed by atoms with Gasteiger partial charge in [0.2, 0.25) is 5.89 Å². The van der Waals surface area contributed by atoms with Crippen LogP contribution >= 0.6 is 0 Å². The number of ether oxygens (including phenoxy) is 1. The number of rotatable bonds is 6. The van der Waals surface area contributed by atoms with Gasteiger partial charge in [-0.25, -0.2) is 14.6 Å². The molecule has 0 amide bonds. The van der Waals surface area contributed by atoms with E-state index in [0.717, 1.165) is 42.4 Å². The van der Waals surface area contributed by atoms with Gasteiger partial charge in [-0.15, -0.1) is 0 Å². The highest BCUT2D eigenvalue weighted by Gasteiger charge is 2.22. The summed E-state index contributed by atoms with van der Waals surface area (Å²) in [6, 6.07) is 10.1. The standard InChI is InChI=1S/C20H25N7O2/c1-21-20(23-11-19-22-10-16(29-19)14-6-4-3-5-7-14)24-15-8-9-18-25-17(13-28-2)26-27(18)12-15/h3-7,10,15H,8-9,11-13H2,1-2H3,(H2,21,23,24). The molecule has 0 saturated heterocycles. The Kier molecular flexibility index (Phi) is 5.85. The first-order chi connectivity index (χ1) is 14.2. The van der Waals surface area contributed by atoms with Gasteiger partial charge in [0, 0.05) is 32.2 Å². The molecule has 0 bridgehead atoms. The fraction of sp³-hybridized carbons (Fsp3) is 0.400. The SMILES string of the molecule is CN=C(NCc1ncc(-c2ccccc2)o1)NC1CCc2nc(COC)nn2C1. The smallest absolute Gasteiger partial charge is 0.214 e. The van der Waals surface area contributed by atoms with Crippen molar-refractivity contribution in [3.63, 3.8) is 0 Å². The van der Waals surface area contributed by atoms with E-state index in [1.165, 1.54) is 0 Å². The van der Waals surface area contributed by atoms with Gasteiger partial charge in [-0.3, -0.25) is 4.99 Å². The number of methoxy groups -OCH3 is 1. The average Bonchev–Trinajstić information content (AvgIpc) is 3.38. The monoisotopic (exact) mass is 395 g/mol. The number of fused-ring (bicyclic) bond motifs is 1. The van der Waals surface area contributed by atoms with Gasteiger partial charge in [-0.1, -0.05) is 30.3 Å². The average molecular weight is 395 g/mol. The lowest BCUT2D eigenvalue weighted by molar-refractivity contribution is 0.177. The summed E-state index contributed by atoms with van der Waals surface area (Å²) in [5, 5.41) is 11.2. The van der Waals surface area contributed by atoms with Gasteiger partial charge in [-0.2, -0.15) is 5.10 Å². The number of hydrogen-bond donors (Lipinski definition) is 2. The third-order valence-corrected chi connectivity index (χ3v) is 4.76. The topological polar surface area (TPSA) is 102 Å². The maximum atomic E-state index is 5.84. The van der Waals surface area contributed by atoms with Gasteiger partial charge in [0.05, 0.1) is 19.3 Å². The normalized spacial score (nSPS) is 16.5. The molecule has 0 aliphatic carbocycles. The van der Waals surface area contributed by atoms with E-state index < -0.39 is 0 Å². The van der Waals surface area contributed by atoms with Gasteiger partial charge >= 0.3 is 0 Å². The first kappa shape index (κ1) is 19.1. The molecular weight excluding hydrogens is 370 g/mol. The summed E-state index contributed by atoms with van der Waals surface area (Å²) in [6.45, 7) is 1.62. The maximum Gasteiger partial charge on any atom is 0.214 e. The van der Waals surface area contributed by atoms with Crippen molar-refractivity contribution < 1.29 is 9.15 Å². The number of aliphatic imine (C=N–C) groups is 1. The molecular formula is C20H25N7O2. The van der Waals surface area contributed by atoms with Gasteiger partial charge in [0.25, 0.3) is 0 Å². The maximum absolute atomic E-state index is 5.84. The largest absolute Gasteiger partial charge is 0.439 e. The minimum Gasteiger partial charge on any atom is -0.439 e. The molecule has 29 heavy (non-hydrogen) atoms. The summed E-state index contributed by atoms with van der Waals surface area (Å²) in [6.07, 6.45) is 3.57. The molecule has 3 aromatic rings. The molecule has 0 spiro atoms. The summed E-state index contributed by atoms with van der Waals surface area (Å²) in [7, 11) is 3.40. The van der Waals surface area contributed by atoms with Crippen LogP contribution in [0.5, 0.6) is 0 Å². The molecule has 9 nitrogen and oxygen atoms in total. The van der Waals surface area contributed by atoms with E-state index in [9.17, 15) is 0 Å². The summed E-state index contributed by atoms with van der Waals surface area (Å²) in [5.74, 6) is 3.80. The van der Waals surface area contributed by atoms with Crippen LogP contribution in [0.1, 0.15) is 24.0 Å². The Labute approximate surface area is 169 Å². The second-order valence-electron chi connectivity index (χ2n) is 6.85. The second kappa shape index (κ2) is 8.87. The molecule has 1 unspecified atom stereocenters. The van der Waals surface area contributed by atoms with Crippen LogP contribution in [0.25, 0.3) is 11.3 Å². The third kappa shape index (κ3) is 4.62. The van der Waals surface area contributed by atoms with E-state index in [1.807, 2.05) is 35.0 Å². The number of nitrogens with one attached hydrogen (secondary N) is 2. The first-order valence-corrected chi connectivity index (χ1v) is 9.64. The molecule has 3 heterocycles. The van der Waals surface area contributed by atoms with Crippen molar-refractivity contribution in [3.05, 3.63) is 54.1 Å². The molecule has 2 aromatic heterocycles. The van der Waals surface area contributed by atoms with E-state index >= 15 is 0 Å². The fourth-order valence-electron chi connectivity index (χ4n) is 3.34. The lowest BCUT2D eigenvalue weighted by Crippen LogP contribution is -2.46. The Hall–Kier alpha value is -3.20. The highest BCUT2D eigenvalue weighted by Crippen LogP contribution is 2.19. The van der Waals surface area contributed by atoms with E-state index in [1.54, 1.807) is 20.4 Å². The van der Waals surface area contributed by atoms with Gasteiger partial charge < -0.3 is 19.8 Å². The van der Waals surface area contributed by atoms with Crippen LogP contribution in [0, 0.1) is 0 Å². The van der Waals surface area contributed by atoms with Crippen molar-refractivity contribution in [2.24, 2.45) is 4.99 Å². The van der Waals surface area contributed by atoms with Gasteiger partial charge in [0.1, 0.15) is 12.4 Å². The molecule has 0 radical (unpaired) electrons. The zero-order valence-corrected chi connectivity index (χ0v) is 16.6. The van der Waals surface area contributed by atoms with Crippen LogP contribution in [-0.4, -0.2) is 45.9 Å². The fourth-order valence-corrected chi connectivity index (χ4v) is 3.34. The molecule has 1 aliphatic rings. The van der Waals surface area contributed by atoms with E-state index in [4.69, 9.17) is 9.15 Å². The summed E-state index contributed by atoms with van der Waals surface area (Å²) < 4.78 is 12.9. The van der Waals surface area contributed by atoms with Gasteiger partial charge in [-0.05, 0) is 6.42 Å². The molecule has 4 rings (SSSR count). The number of oxazole rings is 1. The van der Waals surface area contributed by atoms with Crippen molar-refractivity contribution in [1.29, 1.82) is 0 Å². The van der Waals surface area contributed by atoms with Crippen LogP contribution < -0.4 is 10.6 Å². The molecule has 1 aliphatic heterocycles. The third-order valence-electron chi connectivity index (χ3n) is 4.76. The Morgan fingerprint density at radius 3 is 3.00 bits per heavy atom. The molecule has 1 aromatic carbocycles. The summed E-state index contributed by atoms with van der Waals surface area (Å²) >= 11 is 0. The number of aryl methyl sites for hydroxylation is 1. The van der Waals surface area contributed by atoms with Crippen molar-refractivity contribution in [2.75, 3.05) is 14.2 Å². The quantitative estimate of drug-likeness (QED) is 0.484. The Morgan fingerprint density at radius 1 is 1.34 bits per heavy atom. The van der Waals surface area contributed by atoms with E-state index in [-0.39, 0.29) is 6.04 Å². The second-order valence-corrected chi connectivity index (χ2v) is 6.85. The zero-order valence-electron chi connectivity index (χ0n) is 16.6. The van der Waals surface area contributed by atoms with Crippen LogP contribution in [-0.2, 0) is 30.9 Å². The highest BCUT2D eigenvalue weighted by molar-refractivity contribution is 5.79. The number of nitrogens with zero attached hydrogens (tertiary/aromatic N) is 5. The zero-order chi connectivity index (χ0) is 20.1. The predicted octanol–water partition coefficient (Wildman–Crippen LogP) is 1.76. The lowest BCUT2D eigenvalue weighted by atomic mass is 10.1. The Morgan fingerprint density at radius 2 is 2.21 bits per heavy atom. The number of hydrogen-bond acceptors (Lipinski definition) is 6. The van der Waals surface area contributed by atoms with Crippen LogP contribution in [0.3, 0.4) is 0 Å². The Balaban J connectivity index is 1.32. The van der Waals surface area contributed by atoms with E-state index in [0.29, 0.717) is 25.0 Å². The Bertz CT molecular complexity index is 964. The molecule has 152 valence electrons. The molecule has 0 saturated carbocycles. The van der Waals surface area contributed by atoms with Crippen LogP contribution in [0.2, 0.25) is 0 Å². The minimum atomic E-state index is 0.218. The molecule has 2 N–H and O–H groups in total. The summed E-state index contributed by atoms with van der Waals surface area (Å²) in [5.41, 5.74) is 1.01. The van der Waals surface area contributed by atoms with Crippen molar-refractivity contribution in [2.45, 2.75) is 38.6 Å². The minimum absolute atomic E-state index is 0.218. The summed E-state index contributed by atoms with van der Waals surface area (Å²) in [4.78, 5) is 13.2. The van der Waals surface area contributed by atoms with Crippen molar-refractivity contribution >= 4 is 5.96 Å². The van der Waals surface area contributed by atoms with Crippen LogP contribution in [0.15, 0.2) is 45.9 Å². The highest BCUT2D eigenvalue weighted by atomic mass is 16.5. The lowest BCUT2D eigenvalue weighted by Gasteiger charge is -2.25. The van der Waals surface area contributed by atoms with Crippen molar-refractivity contribution in [1.82, 2.24) is 30.4 Å². The number of aromatic nitrogens is 4. The van der Waals surface area contributed by atoms with E-state index in [2.05, 4.69) is 30.7 Å². The number of guanidine groups is 1. The van der Waals surface area contributed by atoms with Crippen molar-refractivity contribution in [3.8, 4) is 11.3 Å². The van der Waals surface area contributed by atoms with Crippen LogP contribution in [0.4, 0.5) is 0 Å².